The van der Waals surface area contributed by atoms with Crippen molar-refractivity contribution in [3.8, 4) is 0 Å². The first kappa shape index (κ1) is 15.8. The lowest BCUT2D eigenvalue weighted by Crippen LogP contribution is -2.48. The second kappa shape index (κ2) is 6.30. The summed E-state index contributed by atoms with van der Waals surface area (Å²) >= 11 is 12.1. The van der Waals surface area contributed by atoms with E-state index in [9.17, 15) is 4.79 Å². The van der Waals surface area contributed by atoms with Gasteiger partial charge in [0.15, 0.2) is 0 Å². The van der Waals surface area contributed by atoms with E-state index in [1.54, 1.807) is 6.07 Å². The molecule has 0 radical (unpaired) electrons. The Morgan fingerprint density at radius 2 is 1.83 bits per heavy atom. The van der Waals surface area contributed by atoms with Gasteiger partial charge in [0.1, 0.15) is 5.69 Å². The zero-order valence-corrected chi connectivity index (χ0v) is 14.6. The third kappa shape index (κ3) is 3.10. The molecule has 1 aromatic heterocycles. The normalized spacial score (nSPS) is 18.1. The van der Waals surface area contributed by atoms with E-state index in [0.29, 0.717) is 34.7 Å². The van der Waals surface area contributed by atoms with Gasteiger partial charge in [-0.05, 0) is 37.1 Å². The molecule has 0 spiro atoms. The van der Waals surface area contributed by atoms with Crippen LogP contribution in [0.15, 0.2) is 24.3 Å². The first-order chi connectivity index (χ1) is 11.6. The van der Waals surface area contributed by atoms with Crippen LogP contribution in [0, 0.1) is 0 Å². The number of H-pyrrole nitrogens is 1. The van der Waals surface area contributed by atoms with Crippen LogP contribution in [-0.4, -0.2) is 47.2 Å². The Bertz CT molecular complexity index is 764. The van der Waals surface area contributed by atoms with Crippen molar-refractivity contribution in [3.63, 3.8) is 0 Å². The Morgan fingerprint density at radius 1 is 1.08 bits per heavy atom. The molecule has 1 N–H and O–H groups in total. The van der Waals surface area contributed by atoms with Gasteiger partial charge in [-0.3, -0.25) is 9.89 Å². The number of halogens is 2. The van der Waals surface area contributed by atoms with E-state index in [-0.39, 0.29) is 5.91 Å². The predicted octanol–water partition coefficient (Wildman–Crippen LogP) is 3.56. The standard InChI is InChI=1S/C17H18Cl2N4O/c18-13-4-3-12(9-14(13)19)22-5-7-23(8-6-22)17(24)16-10-15(20-21-16)11-1-2-11/h3-4,9-11H,1-2,5-8H2,(H,20,21). The smallest absolute Gasteiger partial charge is 0.274 e. The van der Waals surface area contributed by atoms with Gasteiger partial charge in [-0.15, -0.1) is 0 Å². The third-order valence-corrected chi connectivity index (χ3v) is 5.41. The maximum absolute atomic E-state index is 12.6. The molecule has 1 amide bonds. The molecule has 2 fully saturated rings. The van der Waals surface area contributed by atoms with E-state index in [1.165, 1.54) is 12.8 Å². The summed E-state index contributed by atoms with van der Waals surface area (Å²) in [5, 5.41) is 8.30. The second-order valence-corrected chi connectivity index (χ2v) is 7.17. The third-order valence-electron chi connectivity index (χ3n) is 4.67. The number of piperazine rings is 1. The lowest BCUT2D eigenvalue weighted by atomic mass is 10.2. The number of benzene rings is 1. The summed E-state index contributed by atoms with van der Waals surface area (Å²) < 4.78 is 0. The fourth-order valence-corrected chi connectivity index (χ4v) is 3.35. The van der Waals surface area contributed by atoms with Crippen molar-refractivity contribution in [2.75, 3.05) is 31.1 Å². The minimum Gasteiger partial charge on any atom is -0.368 e. The molecule has 1 aliphatic heterocycles. The molecule has 1 saturated carbocycles. The summed E-state index contributed by atoms with van der Waals surface area (Å²) in [5.74, 6) is 0.581. The lowest BCUT2D eigenvalue weighted by molar-refractivity contribution is 0.0741. The van der Waals surface area contributed by atoms with Gasteiger partial charge in [-0.25, -0.2) is 0 Å². The van der Waals surface area contributed by atoms with E-state index in [0.717, 1.165) is 24.5 Å². The second-order valence-electron chi connectivity index (χ2n) is 6.36. The highest BCUT2D eigenvalue weighted by atomic mass is 35.5. The van der Waals surface area contributed by atoms with Gasteiger partial charge in [0.2, 0.25) is 0 Å². The Morgan fingerprint density at radius 3 is 2.50 bits per heavy atom. The van der Waals surface area contributed by atoms with Crippen molar-refractivity contribution in [3.05, 3.63) is 45.7 Å². The molecule has 2 heterocycles. The molecule has 2 aliphatic rings. The van der Waals surface area contributed by atoms with Crippen LogP contribution >= 0.6 is 23.2 Å². The van der Waals surface area contributed by atoms with Crippen molar-refractivity contribution < 1.29 is 4.79 Å². The van der Waals surface area contributed by atoms with Crippen LogP contribution in [0.4, 0.5) is 5.69 Å². The average molecular weight is 365 g/mol. The van der Waals surface area contributed by atoms with Gasteiger partial charge < -0.3 is 9.80 Å². The predicted molar refractivity (Wildman–Crippen MR) is 95.1 cm³/mol. The molecule has 1 aliphatic carbocycles. The quantitative estimate of drug-likeness (QED) is 0.905. The fourth-order valence-electron chi connectivity index (χ4n) is 3.06. The van der Waals surface area contributed by atoms with Gasteiger partial charge in [0, 0.05) is 43.5 Å². The fraction of sp³-hybridized carbons (Fsp3) is 0.412. The molecule has 126 valence electrons. The molecule has 1 saturated heterocycles. The van der Waals surface area contributed by atoms with Crippen molar-refractivity contribution in [1.29, 1.82) is 0 Å². The molecule has 7 heteroatoms. The van der Waals surface area contributed by atoms with Crippen molar-refractivity contribution in [2.24, 2.45) is 0 Å². The van der Waals surface area contributed by atoms with Crippen molar-refractivity contribution >= 4 is 34.8 Å². The van der Waals surface area contributed by atoms with E-state index in [2.05, 4.69) is 15.1 Å². The van der Waals surface area contributed by atoms with Crippen molar-refractivity contribution in [2.45, 2.75) is 18.8 Å². The topological polar surface area (TPSA) is 52.2 Å². The minimum absolute atomic E-state index is 0.00642. The number of carbonyl (C=O) groups excluding carboxylic acids is 1. The van der Waals surface area contributed by atoms with Gasteiger partial charge in [0.25, 0.3) is 5.91 Å². The summed E-state index contributed by atoms with van der Waals surface area (Å²) in [7, 11) is 0. The molecule has 0 bridgehead atoms. The monoisotopic (exact) mass is 364 g/mol. The van der Waals surface area contributed by atoms with Crippen LogP contribution in [-0.2, 0) is 0 Å². The van der Waals surface area contributed by atoms with E-state index in [4.69, 9.17) is 23.2 Å². The molecule has 24 heavy (non-hydrogen) atoms. The number of nitrogens with one attached hydrogen (secondary N) is 1. The van der Waals surface area contributed by atoms with Crippen molar-refractivity contribution in [1.82, 2.24) is 15.1 Å². The Kier molecular flexibility index (Phi) is 4.14. The van der Waals surface area contributed by atoms with Gasteiger partial charge >= 0.3 is 0 Å². The molecular weight excluding hydrogens is 347 g/mol. The number of aromatic nitrogens is 2. The van der Waals surface area contributed by atoms with Crippen LogP contribution in [0.25, 0.3) is 0 Å². The highest BCUT2D eigenvalue weighted by Crippen LogP contribution is 2.39. The summed E-state index contributed by atoms with van der Waals surface area (Å²) in [6.07, 6.45) is 2.39. The SMILES string of the molecule is O=C(c1cc(C2CC2)[nH]n1)N1CCN(c2ccc(Cl)c(Cl)c2)CC1. The van der Waals surface area contributed by atoms with Crippen LogP contribution in [0.2, 0.25) is 10.0 Å². The number of hydrogen-bond acceptors (Lipinski definition) is 3. The Balaban J connectivity index is 1.39. The van der Waals surface area contributed by atoms with Gasteiger partial charge in [0.05, 0.1) is 10.0 Å². The average Bonchev–Trinajstić information content (AvgIpc) is 3.34. The molecular formula is C17H18Cl2N4O. The molecule has 4 rings (SSSR count). The summed E-state index contributed by atoms with van der Waals surface area (Å²) in [6, 6.07) is 7.55. The number of hydrogen-bond donors (Lipinski definition) is 1. The highest BCUT2D eigenvalue weighted by molar-refractivity contribution is 6.42. The lowest BCUT2D eigenvalue weighted by Gasteiger charge is -2.35. The van der Waals surface area contributed by atoms with Crippen LogP contribution in [0.3, 0.4) is 0 Å². The van der Waals surface area contributed by atoms with Crippen LogP contribution in [0.1, 0.15) is 34.9 Å². The maximum atomic E-state index is 12.6. The number of carbonyl (C=O) groups is 1. The molecule has 2 aromatic rings. The first-order valence-electron chi connectivity index (χ1n) is 8.16. The number of aromatic amines is 1. The summed E-state index contributed by atoms with van der Waals surface area (Å²) in [4.78, 5) is 16.7. The van der Waals surface area contributed by atoms with E-state index >= 15 is 0 Å². The Labute approximate surface area is 150 Å². The number of rotatable bonds is 3. The molecule has 0 unspecified atom stereocenters. The zero-order valence-electron chi connectivity index (χ0n) is 13.1. The maximum Gasteiger partial charge on any atom is 0.274 e. The molecule has 1 aromatic carbocycles. The number of anilines is 1. The zero-order chi connectivity index (χ0) is 16.7. The highest BCUT2D eigenvalue weighted by Gasteiger charge is 2.28. The number of amides is 1. The van der Waals surface area contributed by atoms with Crippen LogP contribution < -0.4 is 4.90 Å². The Hall–Kier alpha value is -1.72. The van der Waals surface area contributed by atoms with Crippen LogP contribution in [0.5, 0.6) is 0 Å². The summed E-state index contributed by atoms with van der Waals surface area (Å²) in [5.41, 5.74) is 2.65. The van der Waals surface area contributed by atoms with Gasteiger partial charge in [-0.1, -0.05) is 23.2 Å². The molecule has 0 atom stereocenters. The minimum atomic E-state index is 0.00642. The largest absolute Gasteiger partial charge is 0.368 e. The summed E-state index contributed by atoms with van der Waals surface area (Å²) in [6.45, 7) is 2.88. The molecule has 5 nitrogen and oxygen atoms in total. The van der Waals surface area contributed by atoms with E-state index in [1.807, 2.05) is 23.1 Å². The first-order valence-corrected chi connectivity index (χ1v) is 8.92. The number of nitrogens with zero attached hydrogens (tertiary/aromatic N) is 3. The van der Waals surface area contributed by atoms with E-state index < -0.39 is 0 Å². The van der Waals surface area contributed by atoms with Gasteiger partial charge in [-0.2, -0.15) is 5.10 Å².